The smallest absolute Gasteiger partial charge is 0.231 e. The second-order valence-corrected chi connectivity index (χ2v) is 6.45. The summed E-state index contributed by atoms with van der Waals surface area (Å²) in [7, 11) is 1.61. The van der Waals surface area contributed by atoms with E-state index < -0.39 is 5.54 Å². The number of amides is 1. The molecule has 0 spiro atoms. The fourth-order valence-electron chi connectivity index (χ4n) is 2.36. The van der Waals surface area contributed by atoms with Gasteiger partial charge >= 0.3 is 0 Å². The number of phenols is 1. The number of rotatable bonds is 2. The van der Waals surface area contributed by atoms with Crippen LogP contribution in [0.3, 0.4) is 0 Å². The van der Waals surface area contributed by atoms with Crippen molar-refractivity contribution in [1.82, 2.24) is 9.88 Å². The highest BCUT2D eigenvalue weighted by molar-refractivity contribution is 7.15. The van der Waals surface area contributed by atoms with Gasteiger partial charge in [-0.1, -0.05) is 12.1 Å². The predicted molar refractivity (Wildman–Crippen MR) is 85.6 cm³/mol. The Morgan fingerprint density at radius 2 is 2.14 bits per heavy atom. The molecule has 0 fully saturated rings. The number of para-hydroxylation sites is 1. The standard InChI is InChI=1S/C15H16N4O2S/c1-15(7-12(21)19(2)14(16)18-15)13-17-8-11(22-13)9-5-3-4-6-10(9)20/h3-6,8,20H,7H2,1-2H3,(H2,16,18)/t15-/m0/s1. The molecule has 1 aromatic carbocycles. The van der Waals surface area contributed by atoms with E-state index in [-0.39, 0.29) is 24.0 Å². The van der Waals surface area contributed by atoms with E-state index in [1.165, 1.54) is 16.2 Å². The summed E-state index contributed by atoms with van der Waals surface area (Å²) >= 11 is 1.41. The van der Waals surface area contributed by atoms with Crippen LogP contribution in [0.4, 0.5) is 0 Å². The molecular weight excluding hydrogens is 300 g/mol. The summed E-state index contributed by atoms with van der Waals surface area (Å²) in [5.74, 6) is 0.303. The fourth-order valence-corrected chi connectivity index (χ4v) is 3.40. The van der Waals surface area contributed by atoms with Crippen molar-refractivity contribution in [3.63, 3.8) is 0 Å². The Morgan fingerprint density at radius 3 is 2.82 bits per heavy atom. The molecule has 1 aliphatic heterocycles. The minimum absolute atomic E-state index is 0.0886. The van der Waals surface area contributed by atoms with Crippen molar-refractivity contribution in [2.45, 2.75) is 18.9 Å². The monoisotopic (exact) mass is 316 g/mol. The highest BCUT2D eigenvalue weighted by atomic mass is 32.1. The molecule has 0 saturated heterocycles. The van der Waals surface area contributed by atoms with Crippen molar-refractivity contribution in [2.75, 3.05) is 7.05 Å². The zero-order valence-electron chi connectivity index (χ0n) is 12.3. The maximum atomic E-state index is 12.0. The summed E-state index contributed by atoms with van der Waals surface area (Å²) in [5, 5.41) is 10.6. The molecule has 0 bridgehead atoms. The topological polar surface area (TPSA) is 91.8 Å². The fraction of sp³-hybridized carbons (Fsp3) is 0.267. The van der Waals surface area contributed by atoms with E-state index in [1.54, 1.807) is 25.4 Å². The van der Waals surface area contributed by atoms with Crippen molar-refractivity contribution in [3.05, 3.63) is 35.5 Å². The number of phenolic OH excluding ortho intramolecular Hbond substituents is 1. The summed E-state index contributed by atoms with van der Waals surface area (Å²) in [6.07, 6.45) is 1.91. The summed E-state index contributed by atoms with van der Waals surface area (Å²) in [6.45, 7) is 1.85. The van der Waals surface area contributed by atoms with Crippen LogP contribution in [0.25, 0.3) is 10.4 Å². The van der Waals surface area contributed by atoms with Gasteiger partial charge in [0.1, 0.15) is 16.3 Å². The predicted octanol–water partition coefficient (Wildman–Crippen LogP) is 1.91. The van der Waals surface area contributed by atoms with Gasteiger partial charge in [-0.3, -0.25) is 9.69 Å². The minimum atomic E-state index is -0.763. The quantitative estimate of drug-likeness (QED) is 0.885. The molecule has 6 nitrogen and oxygen atoms in total. The number of carbonyl (C=O) groups excluding carboxylic acids is 1. The maximum absolute atomic E-state index is 12.0. The molecule has 114 valence electrons. The zero-order chi connectivity index (χ0) is 15.9. The Hall–Kier alpha value is -2.41. The summed E-state index contributed by atoms with van der Waals surface area (Å²) in [4.78, 5) is 23.0. The molecule has 3 rings (SSSR count). The van der Waals surface area contributed by atoms with Crippen molar-refractivity contribution in [3.8, 4) is 16.2 Å². The minimum Gasteiger partial charge on any atom is -0.507 e. The highest BCUT2D eigenvalue weighted by Gasteiger charge is 2.38. The SMILES string of the molecule is CN1C(=O)C[C@@](C)(c2ncc(-c3ccccc3O)s2)N=C1N. The first-order valence-corrected chi connectivity index (χ1v) is 7.59. The first-order valence-electron chi connectivity index (χ1n) is 6.77. The molecule has 2 aromatic rings. The van der Waals surface area contributed by atoms with Gasteiger partial charge in [-0.2, -0.15) is 0 Å². The first-order chi connectivity index (χ1) is 10.4. The zero-order valence-corrected chi connectivity index (χ0v) is 13.1. The number of hydrogen-bond acceptors (Lipinski definition) is 6. The second kappa shape index (κ2) is 5.10. The number of nitrogens with two attached hydrogens (primary N) is 1. The average Bonchev–Trinajstić information content (AvgIpc) is 2.95. The van der Waals surface area contributed by atoms with Gasteiger partial charge in [0.2, 0.25) is 5.91 Å². The average molecular weight is 316 g/mol. The number of benzene rings is 1. The first kappa shape index (κ1) is 14.5. The molecule has 1 aromatic heterocycles. The number of aromatic nitrogens is 1. The van der Waals surface area contributed by atoms with Crippen molar-refractivity contribution in [1.29, 1.82) is 0 Å². The molecule has 0 unspecified atom stereocenters. The molecule has 3 N–H and O–H groups in total. The van der Waals surface area contributed by atoms with E-state index >= 15 is 0 Å². The van der Waals surface area contributed by atoms with Crippen LogP contribution in [0.5, 0.6) is 5.75 Å². The molecule has 1 atom stereocenters. The Balaban J connectivity index is 2.01. The van der Waals surface area contributed by atoms with Gasteiger partial charge in [0.15, 0.2) is 5.96 Å². The molecular formula is C15H16N4O2S. The van der Waals surface area contributed by atoms with E-state index in [2.05, 4.69) is 9.98 Å². The molecule has 0 radical (unpaired) electrons. The highest BCUT2D eigenvalue weighted by Crippen LogP contribution is 2.40. The van der Waals surface area contributed by atoms with E-state index in [0.29, 0.717) is 10.6 Å². The lowest BCUT2D eigenvalue weighted by Gasteiger charge is -2.31. The number of carbonyl (C=O) groups is 1. The van der Waals surface area contributed by atoms with E-state index in [4.69, 9.17) is 5.73 Å². The largest absolute Gasteiger partial charge is 0.507 e. The van der Waals surface area contributed by atoms with Gasteiger partial charge in [0.05, 0.1) is 11.3 Å². The van der Waals surface area contributed by atoms with Crippen LogP contribution in [-0.2, 0) is 10.3 Å². The van der Waals surface area contributed by atoms with Gasteiger partial charge in [-0.25, -0.2) is 9.98 Å². The van der Waals surface area contributed by atoms with Crippen LogP contribution in [0.1, 0.15) is 18.4 Å². The Kier molecular flexibility index (Phi) is 3.37. The van der Waals surface area contributed by atoms with Crippen LogP contribution in [0.15, 0.2) is 35.5 Å². The van der Waals surface area contributed by atoms with Gasteiger partial charge < -0.3 is 10.8 Å². The third-order valence-corrected chi connectivity index (χ3v) is 4.99. The summed E-state index contributed by atoms with van der Waals surface area (Å²) in [5.41, 5.74) is 5.77. The van der Waals surface area contributed by atoms with Crippen LogP contribution >= 0.6 is 11.3 Å². The van der Waals surface area contributed by atoms with Crippen molar-refractivity contribution >= 4 is 23.2 Å². The van der Waals surface area contributed by atoms with E-state index in [0.717, 1.165) is 4.88 Å². The molecule has 22 heavy (non-hydrogen) atoms. The van der Waals surface area contributed by atoms with Crippen LogP contribution in [0, 0.1) is 0 Å². The normalized spacial score (nSPS) is 21.8. The third-order valence-electron chi connectivity index (χ3n) is 3.71. The molecule has 1 amide bonds. The maximum Gasteiger partial charge on any atom is 0.231 e. The number of hydrogen-bond donors (Lipinski definition) is 2. The lowest BCUT2D eigenvalue weighted by molar-refractivity contribution is -0.128. The summed E-state index contributed by atoms with van der Waals surface area (Å²) in [6, 6.07) is 7.08. The lowest BCUT2D eigenvalue weighted by Crippen LogP contribution is -2.47. The van der Waals surface area contributed by atoms with Gasteiger partial charge in [-0.05, 0) is 19.1 Å². The molecule has 2 heterocycles. The molecule has 1 aliphatic rings. The number of nitrogens with zero attached hydrogens (tertiary/aromatic N) is 3. The third kappa shape index (κ3) is 2.33. The second-order valence-electron chi connectivity index (χ2n) is 5.42. The van der Waals surface area contributed by atoms with E-state index in [1.807, 2.05) is 19.1 Å². The van der Waals surface area contributed by atoms with Gasteiger partial charge in [0.25, 0.3) is 0 Å². The van der Waals surface area contributed by atoms with E-state index in [9.17, 15) is 9.90 Å². The Morgan fingerprint density at radius 1 is 1.41 bits per heavy atom. The summed E-state index contributed by atoms with van der Waals surface area (Å²) < 4.78 is 0. The molecule has 7 heteroatoms. The number of thiazole rings is 1. The van der Waals surface area contributed by atoms with Crippen LogP contribution in [-0.4, -0.2) is 33.9 Å². The van der Waals surface area contributed by atoms with Gasteiger partial charge in [-0.15, -0.1) is 11.3 Å². The Labute approximate surface area is 131 Å². The van der Waals surface area contributed by atoms with Gasteiger partial charge in [0, 0.05) is 18.8 Å². The molecule has 0 saturated carbocycles. The van der Waals surface area contributed by atoms with Crippen molar-refractivity contribution in [2.24, 2.45) is 10.7 Å². The molecule has 0 aliphatic carbocycles. The lowest BCUT2D eigenvalue weighted by atomic mass is 9.97. The van der Waals surface area contributed by atoms with Crippen LogP contribution < -0.4 is 5.73 Å². The van der Waals surface area contributed by atoms with Crippen LogP contribution in [0.2, 0.25) is 0 Å². The number of aromatic hydroxyl groups is 1. The number of guanidine groups is 1. The van der Waals surface area contributed by atoms with Crippen molar-refractivity contribution < 1.29 is 9.90 Å². The number of aliphatic imine (C=N–C) groups is 1. The Bertz CT molecular complexity index is 770.